The number of amides is 1. The predicted molar refractivity (Wildman–Crippen MR) is 103 cm³/mol. The van der Waals surface area contributed by atoms with Gasteiger partial charge in [0.15, 0.2) is 11.6 Å². The number of aryl methyl sites for hydroxylation is 1. The second-order valence-electron chi connectivity index (χ2n) is 6.03. The number of rotatable bonds is 6. The van der Waals surface area contributed by atoms with E-state index in [0.29, 0.717) is 16.8 Å². The number of H-pyrrole nitrogens is 1. The van der Waals surface area contributed by atoms with Crippen molar-refractivity contribution in [1.29, 1.82) is 0 Å². The van der Waals surface area contributed by atoms with Gasteiger partial charge in [0.1, 0.15) is 5.52 Å². The maximum Gasteiger partial charge on any atom is 0.221 e. The minimum Gasteiger partial charge on any atom is -0.369 e. The van der Waals surface area contributed by atoms with E-state index in [0.717, 1.165) is 21.7 Å². The zero-order chi connectivity index (χ0) is 18.8. The molecule has 3 aromatic heterocycles. The first-order chi connectivity index (χ1) is 13.1. The largest absolute Gasteiger partial charge is 0.369 e. The van der Waals surface area contributed by atoms with Crippen molar-refractivity contribution in [2.45, 2.75) is 23.4 Å². The molecule has 0 atom stereocenters. The van der Waals surface area contributed by atoms with Crippen molar-refractivity contribution in [3.8, 4) is 0 Å². The van der Waals surface area contributed by atoms with Gasteiger partial charge in [0.2, 0.25) is 11.1 Å². The highest BCUT2D eigenvalue weighted by Gasteiger charge is 2.11. The Morgan fingerprint density at radius 1 is 1.30 bits per heavy atom. The average Bonchev–Trinajstić information content (AvgIpc) is 3.25. The second kappa shape index (κ2) is 7.12. The maximum atomic E-state index is 11.0. The van der Waals surface area contributed by atoms with E-state index in [-0.39, 0.29) is 12.3 Å². The summed E-state index contributed by atoms with van der Waals surface area (Å²) in [5.74, 6) is 1.02. The van der Waals surface area contributed by atoms with E-state index in [4.69, 9.17) is 5.73 Å². The maximum absolute atomic E-state index is 11.0. The Labute approximate surface area is 159 Å². The molecule has 0 spiro atoms. The highest BCUT2D eigenvalue weighted by molar-refractivity contribution is 7.99. The summed E-state index contributed by atoms with van der Waals surface area (Å²) in [6.45, 7) is 1.94. The number of carbonyl (C=O) groups excluding carboxylic acids is 1. The first-order valence-electron chi connectivity index (χ1n) is 8.26. The molecule has 0 radical (unpaired) electrons. The quantitative estimate of drug-likeness (QED) is 0.475. The first-order valence-corrected chi connectivity index (χ1v) is 9.08. The summed E-state index contributed by atoms with van der Waals surface area (Å²) in [5.41, 5.74) is 7.93. The van der Waals surface area contributed by atoms with Crippen LogP contribution in [0.2, 0.25) is 0 Å². The van der Waals surface area contributed by atoms with Gasteiger partial charge >= 0.3 is 0 Å². The van der Waals surface area contributed by atoms with Crippen molar-refractivity contribution >= 4 is 34.8 Å². The van der Waals surface area contributed by atoms with Crippen LogP contribution in [0.15, 0.2) is 58.7 Å². The number of nitrogens with two attached hydrogens (primary N) is 1. The molecule has 0 fully saturated rings. The predicted octanol–water partition coefficient (Wildman–Crippen LogP) is 2.68. The number of carbonyl (C=O) groups is 1. The van der Waals surface area contributed by atoms with E-state index in [1.807, 2.05) is 55.6 Å². The fraction of sp³-hybridized carbons (Fsp3) is 0.111. The van der Waals surface area contributed by atoms with E-state index in [1.54, 1.807) is 4.52 Å². The van der Waals surface area contributed by atoms with Crippen molar-refractivity contribution in [1.82, 2.24) is 24.8 Å². The SMILES string of the molecule is Cc1cc(Nc2nc(Sc3ccc(CC(N)=O)cc3)nn3cccc23)n[nH]1. The van der Waals surface area contributed by atoms with Gasteiger partial charge in [0.25, 0.3) is 0 Å². The monoisotopic (exact) mass is 379 g/mol. The third-order valence-corrected chi connectivity index (χ3v) is 4.70. The van der Waals surface area contributed by atoms with Crippen LogP contribution in [0.5, 0.6) is 0 Å². The number of primary amides is 1. The van der Waals surface area contributed by atoms with Gasteiger partial charge in [0, 0.05) is 22.9 Å². The Morgan fingerprint density at radius 3 is 2.81 bits per heavy atom. The van der Waals surface area contributed by atoms with Crippen LogP contribution in [-0.2, 0) is 11.2 Å². The molecule has 27 heavy (non-hydrogen) atoms. The van der Waals surface area contributed by atoms with E-state index in [9.17, 15) is 4.79 Å². The normalized spacial score (nSPS) is 11.0. The van der Waals surface area contributed by atoms with Crippen molar-refractivity contribution in [2.24, 2.45) is 5.73 Å². The number of hydrogen-bond acceptors (Lipinski definition) is 6. The summed E-state index contributed by atoms with van der Waals surface area (Å²) in [7, 11) is 0. The lowest BCUT2D eigenvalue weighted by Crippen LogP contribution is -2.13. The van der Waals surface area contributed by atoms with Gasteiger partial charge in [0.05, 0.1) is 6.42 Å². The number of nitrogens with one attached hydrogen (secondary N) is 2. The molecule has 3 heterocycles. The van der Waals surface area contributed by atoms with Gasteiger partial charge in [-0.15, -0.1) is 5.10 Å². The van der Waals surface area contributed by atoms with Gasteiger partial charge in [-0.1, -0.05) is 12.1 Å². The lowest BCUT2D eigenvalue weighted by atomic mass is 10.1. The zero-order valence-corrected chi connectivity index (χ0v) is 15.3. The van der Waals surface area contributed by atoms with Crippen LogP contribution >= 0.6 is 11.8 Å². The molecule has 0 unspecified atom stereocenters. The Hall–Kier alpha value is -3.33. The third kappa shape index (κ3) is 3.93. The van der Waals surface area contributed by atoms with E-state index in [1.165, 1.54) is 11.8 Å². The summed E-state index contributed by atoms with van der Waals surface area (Å²) >= 11 is 1.44. The summed E-state index contributed by atoms with van der Waals surface area (Å²) in [4.78, 5) is 16.6. The molecule has 0 aliphatic carbocycles. The standard InChI is InChI=1S/C18H17N7OS/c1-11-9-16(23-22-11)20-17-14-3-2-8-25(14)24-18(21-17)27-13-6-4-12(5-7-13)10-15(19)26/h2-9H,10H2,1H3,(H2,19,26)(H2,20,21,22,23,24). The number of aromatic amines is 1. The number of anilines is 2. The minimum atomic E-state index is -0.346. The molecule has 1 amide bonds. The van der Waals surface area contributed by atoms with Crippen LogP contribution in [0.3, 0.4) is 0 Å². The molecule has 8 nitrogen and oxygen atoms in total. The molecule has 9 heteroatoms. The van der Waals surface area contributed by atoms with Gasteiger partial charge in [-0.3, -0.25) is 9.89 Å². The summed E-state index contributed by atoms with van der Waals surface area (Å²) in [6.07, 6.45) is 2.10. The Kier molecular flexibility index (Phi) is 4.51. The number of fused-ring (bicyclic) bond motifs is 1. The fourth-order valence-electron chi connectivity index (χ4n) is 2.63. The minimum absolute atomic E-state index is 0.230. The molecule has 0 bridgehead atoms. The van der Waals surface area contributed by atoms with Gasteiger partial charge in [-0.2, -0.15) is 5.10 Å². The fourth-order valence-corrected chi connectivity index (χ4v) is 3.38. The summed E-state index contributed by atoms with van der Waals surface area (Å²) in [5, 5.41) is 15.5. The van der Waals surface area contributed by atoms with Crippen LogP contribution < -0.4 is 11.1 Å². The number of benzene rings is 1. The Bertz CT molecular complexity index is 1100. The van der Waals surface area contributed by atoms with Crippen LogP contribution in [-0.4, -0.2) is 30.7 Å². The van der Waals surface area contributed by atoms with Crippen LogP contribution in [0.4, 0.5) is 11.6 Å². The molecule has 136 valence electrons. The molecule has 0 saturated heterocycles. The van der Waals surface area contributed by atoms with E-state index >= 15 is 0 Å². The highest BCUT2D eigenvalue weighted by atomic mass is 32.2. The van der Waals surface area contributed by atoms with Crippen molar-refractivity contribution in [3.63, 3.8) is 0 Å². The second-order valence-corrected chi connectivity index (χ2v) is 7.07. The first kappa shape index (κ1) is 17.1. The molecule has 0 saturated carbocycles. The van der Waals surface area contributed by atoms with Gasteiger partial charge in [-0.25, -0.2) is 9.50 Å². The lowest BCUT2D eigenvalue weighted by molar-refractivity contribution is -0.117. The van der Waals surface area contributed by atoms with Crippen LogP contribution in [0.1, 0.15) is 11.3 Å². The Morgan fingerprint density at radius 2 is 2.11 bits per heavy atom. The summed E-state index contributed by atoms with van der Waals surface area (Å²) in [6, 6.07) is 13.4. The van der Waals surface area contributed by atoms with E-state index < -0.39 is 0 Å². The molecule has 0 aliphatic rings. The van der Waals surface area contributed by atoms with Gasteiger partial charge < -0.3 is 11.1 Å². The van der Waals surface area contributed by atoms with Gasteiger partial charge in [-0.05, 0) is 48.5 Å². The molecular weight excluding hydrogens is 362 g/mol. The molecule has 4 N–H and O–H groups in total. The van der Waals surface area contributed by atoms with Crippen LogP contribution in [0, 0.1) is 6.92 Å². The smallest absolute Gasteiger partial charge is 0.221 e. The zero-order valence-electron chi connectivity index (χ0n) is 14.5. The lowest BCUT2D eigenvalue weighted by Gasteiger charge is -2.08. The highest BCUT2D eigenvalue weighted by Crippen LogP contribution is 2.28. The molecule has 4 aromatic rings. The Balaban J connectivity index is 1.61. The number of aromatic nitrogens is 5. The van der Waals surface area contributed by atoms with Crippen LogP contribution in [0.25, 0.3) is 5.52 Å². The summed E-state index contributed by atoms with van der Waals surface area (Å²) < 4.78 is 1.78. The van der Waals surface area contributed by atoms with Crippen molar-refractivity contribution in [3.05, 3.63) is 59.9 Å². The molecular formula is C18H17N7OS. The third-order valence-electron chi connectivity index (χ3n) is 3.83. The molecule has 4 rings (SSSR count). The topological polar surface area (TPSA) is 114 Å². The van der Waals surface area contributed by atoms with Crippen molar-refractivity contribution < 1.29 is 4.79 Å². The number of hydrogen-bond donors (Lipinski definition) is 3. The molecule has 0 aliphatic heterocycles. The number of nitrogens with zero attached hydrogens (tertiary/aromatic N) is 4. The molecule has 1 aromatic carbocycles. The average molecular weight is 379 g/mol. The van der Waals surface area contributed by atoms with E-state index in [2.05, 4.69) is 25.6 Å². The van der Waals surface area contributed by atoms with Crippen molar-refractivity contribution in [2.75, 3.05) is 5.32 Å².